The van der Waals surface area contributed by atoms with Crippen molar-refractivity contribution in [2.24, 2.45) is 11.1 Å². The average molecular weight is 272 g/mol. The Hall–Kier alpha value is -0.650. The summed E-state index contributed by atoms with van der Waals surface area (Å²) in [6.07, 6.45) is 5.51. The summed E-state index contributed by atoms with van der Waals surface area (Å²) in [6, 6.07) is 0. The van der Waals surface area contributed by atoms with Crippen LogP contribution in [0.5, 0.6) is 0 Å². The Labute approximate surface area is 115 Å². The predicted molar refractivity (Wildman–Crippen MR) is 74.7 cm³/mol. The highest BCUT2D eigenvalue weighted by atomic mass is 16.5. The van der Waals surface area contributed by atoms with Crippen LogP contribution in [0.4, 0.5) is 0 Å². The number of ether oxygens (including phenoxy) is 1. The molecule has 0 radical (unpaired) electrons. The highest BCUT2D eigenvalue weighted by Gasteiger charge is 2.38. The van der Waals surface area contributed by atoms with Gasteiger partial charge >= 0.3 is 0 Å². The van der Waals surface area contributed by atoms with Crippen molar-refractivity contribution >= 4 is 5.91 Å². The van der Waals surface area contributed by atoms with Gasteiger partial charge in [-0.05, 0) is 19.8 Å². The molecule has 1 unspecified atom stereocenters. The molecule has 0 aromatic heterocycles. The fraction of sp³-hybridized carbons (Fsp3) is 0.929. The van der Waals surface area contributed by atoms with Gasteiger partial charge in [0.1, 0.15) is 0 Å². The molecule has 1 aliphatic rings. The molecule has 0 aliphatic heterocycles. The van der Waals surface area contributed by atoms with Crippen molar-refractivity contribution in [1.29, 1.82) is 0 Å². The molecule has 0 spiro atoms. The Morgan fingerprint density at radius 2 is 2.05 bits per heavy atom. The summed E-state index contributed by atoms with van der Waals surface area (Å²) in [4.78, 5) is 12.3. The molecule has 0 aromatic rings. The molecule has 1 atom stereocenters. The third-order valence-electron chi connectivity index (χ3n) is 4.16. The van der Waals surface area contributed by atoms with E-state index in [2.05, 4.69) is 5.32 Å². The highest BCUT2D eigenvalue weighted by molar-refractivity contribution is 5.83. The maximum absolute atomic E-state index is 12.3. The number of rotatable bonds is 7. The van der Waals surface area contributed by atoms with Crippen LogP contribution < -0.4 is 11.1 Å². The van der Waals surface area contributed by atoms with E-state index in [-0.39, 0.29) is 12.5 Å². The van der Waals surface area contributed by atoms with Crippen molar-refractivity contribution in [1.82, 2.24) is 5.32 Å². The topological polar surface area (TPSA) is 84.6 Å². The molecule has 1 amide bonds. The van der Waals surface area contributed by atoms with Crippen LogP contribution in [0, 0.1) is 5.41 Å². The van der Waals surface area contributed by atoms with Crippen LogP contribution in [-0.2, 0) is 9.53 Å². The number of nitrogens with two attached hydrogens (primary N) is 1. The minimum Gasteiger partial charge on any atom is -0.388 e. The Morgan fingerprint density at radius 1 is 1.42 bits per heavy atom. The highest BCUT2D eigenvalue weighted by Crippen LogP contribution is 2.35. The molecule has 4 N–H and O–H groups in total. The molecular weight excluding hydrogens is 244 g/mol. The molecule has 1 rings (SSSR count). The van der Waals surface area contributed by atoms with E-state index >= 15 is 0 Å². The molecule has 1 fully saturated rings. The predicted octanol–water partition coefficient (Wildman–Crippen LogP) is 0.799. The van der Waals surface area contributed by atoms with E-state index in [1.54, 1.807) is 14.0 Å². The van der Waals surface area contributed by atoms with Crippen molar-refractivity contribution in [2.75, 3.05) is 26.8 Å². The normalized spacial score (nSPS) is 21.7. The van der Waals surface area contributed by atoms with Crippen LogP contribution in [0.2, 0.25) is 0 Å². The standard InChI is InChI=1S/C14H28N2O3/c1-13(18,8-9-19-2)11-16-12(17)14(10-15)6-4-3-5-7-14/h18H,3-11,15H2,1-2H3,(H,16,17). The summed E-state index contributed by atoms with van der Waals surface area (Å²) in [5, 5.41) is 13.0. The van der Waals surface area contributed by atoms with E-state index in [0.717, 1.165) is 25.7 Å². The zero-order valence-electron chi connectivity index (χ0n) is 12.2. The zero-order valence-corrected chi connectivity index (χ0v) is 12.2. The number of methoxy groups -OCH3 is 1. The lowest BCUT2D eigenvalue weighted by Crippen LogP contribution is -2.51. The molecule has 112 valence electrons. The van der Waals surface area contributed by atoms with Crippen LogP contribution >= 0.6 is 0 Å². The van der Waals surface area contributed by atoms with Crippen molar-refractivity contribution in [3.63, 3.8) is 0 Å². The van der Waals surface area contributed by atoms with Gasteiger partial charge in [0, 0.05) is 33.2 Å². The van der Waals surface area contributed by atoms with Gasteiger partial charge in [0.15, 0.2) is 0 Å². The summed E-state index contributed by atoms with van der Waals surface area (Å²) in [6.45, 7) is 2.82. The van der Waals surface area contributed by atoms with Crippen LogP contribution in [0.3, 0.4) is 0 Å². The third kappa shape index (κ3) is 4.75. The largest absolute Gasteiger partial charge is 0.388 e. The fourth-order valence-corrected chi connectivity index (χ4v) is 2.62. The van der Waals surface area contributed by atoms with Gasteiger partial charge in [0.05, 0.1) is 11.0 Å². The molecule has 0 bridgehead atoms. The second-order valence-corrected chi connectivity index (χ2v) is 5.97. The Bertz CT molecular complexity index is 286. The molecule has 5 heteroatoms. The first-order valence-corrected chi connectivity index (χ1v) is 7.15. The lowest BCUT2D eigenvalue weighted by Gasteiger charge is -2.35. The van der Waals surface area contributed by atoms with Crippen LogP contribution in [-0.4, -0.2) is 43.4 Å². The average Bonchev–Trinajstić information content (AvgIpc) is 2.43. The van der Waals surface area contributed by atoms with Crippen LogP contribution in [0.1, 0.15) is 45.4 Å². The second-order valence-electron chi connectivity index (χ2n) is 5.97. The van der Waals surface area contributed by atoms with Gasteiger partial charge in [0.2, 0.25) is 5.91 Å². The molecule has 1 aliphatic carbocycles. The first-order chi connectivity index (χ1) is 8.96. The smallest absolute Gasteiger partial charge is 0.227 e. The number of carbonyl (C=O) groups excluding carboxylic acids is 1. The van der Waals surface area contributed by atoms with Gasteiger partial charge in [0.25, 0.3) is 0 Å². The van der Waals surface area contributed by atoms with Crippen molar-refractivity contribution in [2.45, 2.75) is 51.0 Å². The summed E-state index contributed by atoms with van der Waals surface area (Å²) < 4.78 is 4.95. The van der Waals surface area contributed by atoms with Crippen molar-refractivity contribution in [3.05, 3.63) is 0 Å². The van der Waals surface area contributed by atoms with Gasteiger partial charge in [-0.2, -0.15) is 0 Å². The van der Waals surface area contributed by atoms with Gasteiger partial charge in [-0.25, -0.2) is 0 Å². The lowest BCUT2D eigenvalue weighted by molar-refractivity contribution is -0.133. The quantitative estimate of drug-likeness (QED) is 0.640. The minimum absolute atomic E-state index is 0.00704. The molecule has 1 saturated carbocycles. The maximum Gasteiger partial charge on any atom is 0.227 e. The van der Waals surface area contributed by atoms with Crippen LogP contribution in [0.15, 0.2) is 0 Å². The number of amides is 1. The first kappa shape index (κ1) is 16.4. The van der Waals surface area contributed by atoms with Gasteiger partial charge in [-0.3, -0.25) is 4.79 Å². The van der Waals surface area contributed by atoms with E-state index in [4.69, 9.17) is 10.5 Å². The van der Waals surface area contributed by atoms with Crippen molar-refractivity contribution in [3.8, 4) is 0 Å². The van der Waals surface area contributed by atoms with E-state index in [1.807, 2.05) is 0 Å². The second kappa shape index (κ2) is 7.22. The Kier molecular flexibility index (Phi) is 6.23. The Morgan fingerprint density at radius 3 is 2.58 bits per heavy atom. The third-order valence-corrected chi connectivity index (χ3v) is 4.16. The summed E-state index contributed by atoms with van der Waals surface area (Å²) in [7, 11) is 1.60. The molecular formula is C14H28N2O3. The monoisotopic (exact) mass is 272 g/mol. The number of carbonyl (C=O) groups is 1. The van der Waals surface area contributed by atoms with E-state index in [9.17, 15) is 9.90 Å². The zero-order chi connectivity index (χ0) is 14.4. The number of hydrogen-bond acceptors (Lipinski definition) is 4. The van der Waals surface area contributed by atoms with E-state index < -0.39 is 11.0 Å². The van der Waals surface area contributed by atoms with Crippen molar-refractivity contribution < 1.29 is 14.6 Å². The molecule has 5 nitrogen and oxygen atoms in total. The van der Waals surface area contributed by atoms with Gasteiger partial charge in [-0.1, -0.05) is 19.3 Å². The van der Waals surface area contributed by atoms with Gasteiger partial charge in [-0.15, -0.1) is 0 Å². The molecule has 0 saturated heterocycles. The first-order valence-electron chi connectivity index (χ1n) is 7.15. The summed E-state index contributed by atoms with van der Waals surface area (Å²) in [5.74, 6) is -0.00704. The Balaban J connectivity index is 2.48. The lowest BCUT2D eigenvalue weighted by atomic mass is 9.73. The maximum atomic E-state index is 12.3. The minimum atomic E-state index is -0.934. The fourth-order valence-electron chi connectivity index (χ4n) is 2.62. The molecule has 0 aromatic carbocycles. The molecule has 19 heavy (non-hydrogen) atoms. The van der Waals surface area contributed by atoms with E-state index in [0.29, 0.717) is 19.6 Å². The van der Waals surface area contributed by atoms with Gasteiger partial charge < -0.3 is 20.9 Å². The molecule has 0 heterocycles. The van der Waals surface area contributed by atoms with Crippen LogP contribution in [0.25, 0.3) is 0 Å². The van der Waals surface area contributed by atoms with E-state index in [1.165, 1.54) is 6.42 Å². The SMILES string of the molecule is COCCC(C)(O)CNC(=O)C1(CN)CCCCC1. The number of aliphatic hydroxyl groups is 1. The number of nitrogens with one attached hydrogen (secondary N) is 1. The number of hydrogen-bond donors (Lipinski definition) is 3. The summed E-state index contributed by atoms with van der Waals surface area (Å²) in [5.41, 5.74) is 4.46. The summed E-state index contributed by atoms with van der Waals surface area (Å²) >= 11 is 0.